The van der Waals surface area contributed by atoms with E-state index in [1.807, 2.05) is 24.3 Å². The highest BCUT2D eigenvalue weighted by Crippen LogP contribution is 2.32. The second-order valence-corrected chi connectivity index (χ2v) is 6.33. The lowest BCUT2D eigenvalue weighted by Crippen LogP contribution is -2.34. The summed E-state index contributed by atoms with van der Waals surface area (Å²) in [6.07, 6.45) is 3.27. The van der Waals surface area contributed by atoms with E-state index in [4.69, 9.17) is 9.47 Å². The first-order chi connectivity index (χ1) is 12.2. The Morgan fingerprint density at radius 2 is 2.12 bits per heavy atom. The van der Waals surface area contributed by atoms with Gasteiger partial charge in [-0.25, -0.2) is 0 Å². The molecule has 0 saturated heterocycles. The molecule has 0 aliphatic heterocycles. The van der Waals surface area contributed by atoms with Crippen molar-refractivity contribution in [3.05, 3.63) is 35.5 Å². The first-order valence-electron chi connectivity index (χ1n) is 8.70. The number of rotatable bonds is 7. The number of aromatic amines is 1. The molecule has 1 unspecified atom stereocenters. The lowest BCUT2D eigenvalue weighted by Gasteiger charge is -2.22. The molecule has 1 aliphatic rings. The zero-order chi connectivity index (χ0) is 17.6. The van der Waals surface area contributed by atoms with Gasteiger partial charge in [0.2, 0.25) is 5.91 Å². The molecule has 1 aromatic carbocycles. The minimum Gasteiger partial charge on any atom is -0.497 e. The van der Waals surface area contributed by atoms with Gasteiger partial charge in [0.15, 0.2) is 0 Å². The molecule has 2 N–H and O–H groups in total. The predicted octanol–water partition coefficient (Wildman–Crippen LogP) is 2.34. The smallest absolute Gasteiger partial charge is 0.223 e. The molecule has 6 nitrogen and oxygen atoms in total. The van der Waals surface area contributed by atoms with Crippen LogP contribution in [0, 0.1) is 5.92 Å². The molecule has 6 heteroatoms. The van der Waals surface area contributed by atoms with Crippen molar-refractivity contribution in [2.45, 2.75) is 25.7 Å². The van der Waals surface area contributed by atoms with Crippen LogP contribution in [0.4, 0.5) is 0 Å². The average Bonchev–Trinajstić information content (AvgIpc) is 3.08. The summed E-state index contributed by atoms with van der Waals surface area (Å²) < 4.78 is 10.2. The first kappa shape index (κ1) is 17.5. The third-order valence-corrected chi connectivity index (χ3v) is 4.70. The van der Waals surface area contributed by atoms with Crippen molar-refractivity contribution in [3.63, 3.8) is 0 Å². The van der Waals surface area contributed by atoms with Crippen molar-refractivity contribution in [1.29, 1.82) is 0 Å². The fraction of sp³-hybridized carbons (Fsp3) is 0.474. The number of fused-ring (bicyclic) bond motifs is 1. The Morgan fingerprint density at radius 1 is 1.32 bits per heavy atom. The van der Waals surface area contributed by atoms with Crippen molar-refractivity contribution in [1.82, 2.24) is 15.5 Å². The van der Waals surface area contributed by atoms with Gasteiger partial charge in [-0.3, -0.25) is 9.89 Å². The normalized spacial score (nSPS) is 16.3. The Bertz CT molecular complexity index is 709. The molecule has 0 saturated carbocycles. The maximum Gasteiger partial charge on any atom is 0.223 e. The average molecular weight is 343 g/mol. The van der Waals surface area contributed by atoms with E-state index in [2.05, 4.69) is 15.5 Å². The number of aromatic nitrogens is 2. The summed E-state index contributed by atoms with van der Waals surface area (Å²) in [5, 5.41) is 10.7. The minimum atomic E-state index is 0.00430. The molecule has 0 fully saturated rings. The van der Waals surface area contributed by atoms with E-state index in [0.29, 0.717) is 13.2 Å². The number of methoxy groups -OCH3 is 2. The molecule has 1 amide bonds. The van der Waals surface area contributed by atoms with Gasteiger partial charge in [0.05, 0.1) is 12.8 Å². The molecule has 2 aromatic rings. The minimum absolute atomic E-state index is 0.00430. The van der Waals surface area contributed by atoms with Crippen LogP contribution in [-0.2, 0) is 22.4 Å². The van der Waals surface area contributed by atoms with Crippen LogP contribution in [0.2, 0.25) is 0 Å². The monoisotopic (exact) mass is 343 g/mol. The lowest BCUT2D eigenvalue weighted by molar-refractivity contribution is -0.125. The van der Waals surface area contributed by atoms with Crippen molar-refractivity contribution < 1.29 is 14.3 Å². The molecule has 134 valence electrons. The van der Waals surface area contributed by atoms with Gasteiger partial charge in [-0.05, 0) is 49.9 Å². The second-order valence-electron chi connectivity index (χ2n) is 6.33. The summed E-state index contributed by atoms with van der Waals surface area (Å²) in [4.78, 5) is 12.4. The Morgan fingerprint density at radius 3 is 2.84 bits per heavy atom. The van der Waals surface area contributed by atoms with Crippen LogP contribution >= 0.6 is 0 Å². The zero-order valence-corrected chi connectivity index (χ0v) is 14.8. The van der Waals surface area contributed by atoms with E-state index < -0.39 is 0 Å². The fourth-order valence-electron chi connectivity index (χ4n) is 3.28. The Balaban J connectivity index is 1.69. The zero-order valence-electron chi connectivity index (χ0n) is 14.8. The first-order valence-corrected chi connectivity index (χ1v) is 8.70. The van der Waals surface area contributed by atoms with Crippen molar-refractivity contribution in [2.75, 3.05) is 27.4 Å². The summed E-state index contributed by atoms with van der Waals surface area (Å²) in [5.74, 6) is 0.953. The number of carbonyl (C=O) groups is 1. The molecule has 3 rings (SSSR count). The molecule has 0 spiro atoms. The summed E-state index contributed by atoms with van der Waals surface area (Å²) in [6.45, 7) is 1.32. The number of H-pyrrole nitrogens is 1. The van der Waals surface area contributed by atoms with Crippen LogP contribution in [0.5, 0.6) is 5.75 Å². The maximum atomic E-state index is 12.4. The van der Waals surface area contributed by atoms with E-state index in [9.17, 15) is 4.79 Å². The molecule has 0 bridgehead atoms. The number of carbonyl (C=O) groups excluding carboxylic acids is 1. The number of nitrogens with one attached hydrogen (secondary N) is 2. The predicted molar refractivity (Wildman–Crippen MR) is 95.6 cm³/mol. The summed E-state index contributed by atoms with van der Waals surface area (Å²) in [6, 6.07) is 7.87. The fourth-order valence-corrected chi connectivity index (χ4v) is 3.28. The topological polar surface area (TPSA) is 76.2 Å². The van der Waals surface area contributed by atoms with Gasteiger partial charge in [-0.2, -0.15) is 5.10 Å². The number of nitrogens with zero attached hydrogens (tertiary/aromatic N) is 1. The molecule has 1 heterocycles. The summed E-state index contributed by atoms with van der Waals surface area (Å²) in [7, 11) is 3.32. The summed E-state index contributed by atoms with van der Waals surface area (Å²) in [5.41, 5.74) is 4.29. The largest absolute Gasteiger partial charge is 0.497 e. The summed E-state index contributed by atoms with van der Waals surface area (Å²) >= 11 is 0. The Kier molecular flexibility index (Phi) is 5.71. The number of ether oxygens (including phenoxy) is 2. The Hall–Kier alpha value is -2.34. The van der Waals surface area contributed by atoms with E-state index in [1.165, 1.54) is 0 Å². The van der Waals surface area contributed by atoms with Crippen LogP contribution in [0.15, 0.2) is 24.3 Å². The van der Waals surface area contributed by atoms with E-state index >= 15 is 0 Å². The highest BCUT2D eigenvalue weighted by atomic mass is 16.5. The highest BCUT2D eigenvalue weighted by Gasteiger charge is 2.28. The van der Waals surface area contributed by atoms with Crippen LogP contribution in [0.1, 0.15) is 24.1 Å². The standard InChI is InChI=1S/C19H25N3O3/c1-24-11-3-10-20-19(23)14-6-9-17-16(12-14)18(22-21-17)13-4-7-15(25-2)8-5-13/h4-5,7-8,14H,3,6,9-12H2,1-2H3,(H,20,23)(H,21,22). The van der Waals surface area contributed by atoms with Crippen LogP contribution in [0.3, 0.4) is 0 Å². The van der Waals surface area contributed by atoms with Gasteiger partial charge in [-0.15, -0.1) is 0 Å². The SMILES string of the molecule is COCCCNC(=O)C1CCc2[nH]nc(-c3ccc(OC)cc3)c2C1. The van der Waals surface area contributed by atoms with Crippen LogP contribution < -0.4 is 10.1 Å². The molecule has 25 heavy (non-hydrogen) atoms. The van der Waals surface area contributed by atoms with Gasteiger partial charge in [0.25, 0.3) is 0 Å². The Labute approximate surface area is 147 Å². The molecular formula is C19H25N3O3. The van der Waals surface area contributed by atoms with E-state index in [-0.39, 0.29) is 11.8 Å². The highest BCUT2D eigenvalue weighted by molar-refractivity contribution is 5.80. The molecule has 1 aliphatic carbocycles. The van der Waals surface area contributed by atoms with Gasteiger partial charge >= 0.3 is 0 Å². The van der Waals surface area contributed by atoms with E-state index in [0.717, 1.165) is 53.9 Å². The van der Waals surface area contributed by atoms with E-state index in [1.54, 1.807) is 14.2 Å². The van der Waals surface area contributed by atoms with Gasteiger partial charge in [0.1, 0.15) is 5.75 Å². The second kappa shape index (κ2) is 8.16. The van der Waals surface area contributed by atoms with Gasteiger partial charge in [0, 0.05) is 43.0 Å². The molecule has 0 radical (unpaired) electrons. The molecule has 1 aromatic heterocycles. The van der Waals surface area contributed by atoms with Crippen molar-refractivity contribution in [3.8, 4) is 17.0 Å². The third-order valence-electron chi connectivity index (χ3n) is 4.70. The maximum absolute atomic E-state index is 12.4. The van der Waals surface area contributed by atoms with Gasteiger partial charge < -0.3 is 14.8 Å². The molecule has 1 atom stereocenters. The number of hydrogen-bond donors (Lipinski definition) is 2. The van der Waals surface area contributed by atoms with Crippen molar-refractivity contribution in [2.24, 2.45) is 5.92 Å². The number of benzene rings is 1. The lowest BCUT2D eigenvalue weighted by atomic mass is 9.85. The quantitative estimate of drug-likeness (QED) is 0.757. The number of amides is 1. The van der Waals surface area contributed by atoms with Crippen LogP contribution in [-0.4, -0.2) is 43.5 Å². The third kappa shape index (κ3) is 4.02. The number of aryl methyl sites for hydroxylation is 1. The number of hydrogen-bond acceptors (Lipinski definition) is 4. The van der Waals surface area contributed by atoms with Crippen LogP contribution in [0.25, 0.3) is 11.3 Å². The molecular weight excluding hydrogens is 318 g/mol. The van der Waals surface area contributed by atoms with Crippen molar-refractivity contribution >= 4 is 5.91 Å². The van der Waals surface area contributed by atoms with Gasteiger partial charge in [-0.1, -0.05) is 0 Å².